The largest absolute Gasteiger partial charge is 0.493 e. The van der Waals surface area contributed by atoms with Crippen LogP contribution in [-0.2, 0) is 6.42 Å². The third-order valence-corrected chi connectivity index (χ3v) is 3.68. The van der Waals surface area contributed by atoms with E-state index in [9.17, 15) is 4.79 Å². The molecule has 0 aliphatic carbocycles. The first-order valence-corrected chi connectivity index (χ1v) is 8.66. The summed E-state index contributed by atoms with van der Waals surface area (Å²) in [5.41, 5.74) is 1.67. The van der Waals surface area contributed by atoms with Crippen molar-refractivity contribution in [3.63, 3.8) is 0 Å². The summed E-state index contributed by atoms with van der Waals surface area (Å²) >= 11 is 2.34. The molecule has 1 rings (SSSR count). The zero-order valence-corrected chi connectivity index (χ0v) is 14.7. The highest BCUT2D eigenvalue weighted by molar-refractivity contribution is 14.1. The predicted octanol–water partition coefficient (Wildman–Crippen LogP) is 4.44. The van der Waals surface area contributed by atoms with Crippen LogP contribution in [0.25, 0.3) is 0 Å². The maximum absolute atomic E-state index is 11.7. The van der Waals surface area contributed by atoms with Crippen molar-refractivity contribution in [2.75, 3.05) is 17.6 Å². The van der Waals surface area contributed by atoms with Gasteiger partial charge in [0.25, 0.3) is 0 Å². The fraction of sp³-hybridized carbons (Fsp3) is 0.562. The van der Waals surface area contributed by atoms with Gasteiger partial charge in [0.1, 0.15) is 11.5 Å². The second-order valence-corrected chi connectivity index (χ2v) is 5.63. The molecule has 0 atom stereocenters. The summed E-state index contributed by atoms with van der Waals surface area (Å²) in [6.45, 7) is 6.87. The summed E-state index contributed by atoms with van der Waals surface area (Å²) in [5.74, 6) is 1.59. The third-order valence-electron chi connectivity index (χ3n) is 2.92. The summed E-state index contributed by atoms with van der Waals surface area (Å²) < 4.78 is 12.7. The fourth-order valence-corrected chi connectivity index (χ4v) is 2.37. The number of halogens is 1. The molecule has 0 radical (unpaired) electrons. The highest BCUT2D eigenvalue weighted by Gasteiger charge is 2.17. The van der Waals surface area contributed by atoms with Gasteiger partial charge in [0, 0.05) is 9.99 Å². The summed E-state index contributed by atoms with van der Waals surface area (Å²) in [4.78, 5) is 11.7. The van der Waals surface area contributed by atoms with Crippen LogP contribution in [0.15, 0.2) is 12.1 Å². The molecule has 0 aromatic heterocycles. The van der Waals surface area contributed by atoms with Crippen LogP contribution in [0.5, 0.6) is 11.5 Å². The number of rotatable bonds is 9. The molecule has 0 spiro atoms. The highest BCUT2D eigenvalue weighted by atomic mass is 127. The Morgan fingerprint density at radius 1 is 1.25 bits per heavy atom. The Hall–Kier alpha value is -0.780. The molecule has 0 saturated carbocycles. The van der Waals surface area contributed by atoms with E-state index < -0.39 is 0 Å². The van der Waals surface area contributed by atoms with E-state index in [-0.39, 0.29) is 5.78 Å². The molecule has 20 heavy (non-hydrogen) atoms. The monoisotopic (exact) mass is 390 g/mol. The number of ketones is 1. The first-order chi connectivity index (χ1) is 9.65. The highest BCUT2D eigenvalue weighted by Crippen LogP contribution is 2.34. The van der Waals surface area contributed by atoms with Gasteiger partial charge in [0.15, 0.2) is 5.78 Å². The SMILES string of the molecule is CCCc1c(OCCCI)ccc(C(C)=O)c1OCC. The van der Waals surface area contributed by atoms with Crippen LogP contribution in [0.2, 0.25) is 0 Å². The molecule has 0 fully saturated rings. The van der Waals surface area contributed by atoms with E-state index >= 15 is 0 Å². The van der Waals surface area contributed by atoms with E-state index in [0.717, 1.165) is 35.0 Å². The lowest BCUT2D eigenvalue weighted by Gasteiger charge is -2.18. The standard InChI is InChI=1S/C16H23IO3/c1-4-7-14-15(20-11-6-10-17)9-8-13(12(3)18)16(14)19-5-2/h8-9H,4-7,10-11H2,1-3H3. The molecule has 1 aromatic carbocycles. The van der Waals surface area contributed by atoms with Crippen LogP contribution in [0.3, 0.4) is 0 Å². The van der Waals surface area contributed by atoms with Crippen molar-refractivity contribution in [2.24, 2.45) is 0 Å². The van der Waals surface area contributed by atoms with E-state index in [0.29, 0.717) is 24.5 Å². The predicted molar refractivity (Wildman–Crippen MR) is 90.6 cm³/mol. The second kappa shape index (κ2) is 9.21. The van der Waals surface area contributed by atoms with Gasteiger partial charge in [-0.2, -0.15) is 0 Å². The second-order valence-electron chi connectivity index (χ2n) is 4.55. The van der Waals surface area contributed by atoms with E-state index in [1.807, 2.05) is 19.1 Å². The van der Waals surface area contributed by atoms with Crippen molar-refractivity contribution >= 4 is 28.4 Å². The van der Waals surface area contributed by atoms with Gasteiger partial charge in [-0.25, -0.2) is 0 Å². The van der Waals surface area contributed by atoms with Crippen LogP contribution in [-0.4, -0.2) is 23.4 Å². The number of carbonyl (C=O) groups excluding carboxylic acids is 1. The van der Waals surface area contributed by atoms with Gasteiger partial charge in [-0.05, 0) is 38.8 Å². The maximum atomic E-state index is 11.7. The molecule has 0 N–H and O–H groups in total. The van der Waals surface area contributed by atoms with Gasteiger partial charge in [-0.15, -0.1) is 0 Å². The van der Waals surface area contributed by atoms with Crippen LogP contribution in [0.4, 0.5) is 0 Å². The summed E-state index contributed by atoms with van der Waals surface area (Å²) in [6, 6.07) is 3.71. The molecule has 112 valence electrons. The van der Waals surface area contributed by atoms with Crippen molar-refractivity contribution in [3.05, 3.63) is 23.3 Å². The normalized spacial score (nSPS) is 10.4. The molecule has 0 bridgehead atoms. The van der Waals surface area contributed by atoms with Gasteiger partial charge in [0.2, 0.25) is 0 Å². The van der Waals surface area contributed by atoms with Gasteiger partial charge in [0.05, 0.1) is 18.8 Å². The van der Waals surface area contributed by atoms with Gasteiger partial charge in [-0.3, -0.25) is 4.79 Å². The van der Waals surface area contributed by atoms with E-state index in [1.54, 1.807) is 6.92 Å². The maximum Gasteiger partial charge on any atom is 0.163 e. The number of benzene rings is 1. The van der Waals surface area contributed by atoms with Crippen LogP contribution < -0.4 is 9.47 Å². The van der Waals surface area contributed by atoms with E-state index in [2.05, 4.69) is 29.5 Å². The number of carbonyl (C=O) groups is 1. The zero-order chi connectivity index (χ0) is 15.0. The first kappa shape index (κ1) is 17.3. The van der Waals surface area contributed by atoms with E-state index in [4.69, 9.17) is 9.47 Å². The lowest BCUT2D eigenvalue weighted by molar-refractivity contribution is 0.101. The Balaban J connectivity index is 3.16. The molecule has 3 nitrogen and oxygen atoms in total. The van der Waals surface area contributed by atoms with Crippen LogP contribution in [0.1, 0.15) is 49.5 Å². The minimum atomic E-state index is 0.0321. The molecular formula is C16H23IO3. The minimum Gasteiger partial charge on any atom is -0.493 e. The van der Waals surface area contributed by atoms with E-state index in [1.165, 1.54) is 0 Å². The zero-order valence-electron chi connectivity index (χ0n) is 12.5. The summed E-state index contributed by atoms with van der Waals surface area (Å²) in [7, 11) is 0. The molecule has 0 amide bonds. The smallest absolute Gasteiger partial charge is 0.163 e. The molecular weight excluding hydrogens is 367 g/mol. The van der Waals surface area contributed by atoms with Crippen molar-refractivity contribution in [1.29, 1.82) is 0 Å². The van der Waals surface area contributed by atoms with Crippen LogP contribution >= 0.6 is 22.6 Å². The Kier molecular flexibility index (Phi) is 7.95. The molecule has 1 aromatic rings. The van der Waals surface area contributed by atoms with Crippen molar-refractivity contribution in [3.8, 4) is 11.5 Å². The molecule has 0 saturated heterocycles. The topological polar surface area (TPSA) is 35.5 Å². The number of hydrogen-bond acceptors (Lipinski definition) is 3. The first-order valence-electron chi connectivity index (χ1n) is 7.14. The van der Waals surface area contributed by atoms with Crippen molar-refractivity contribution in [1.82, 2.24) is 0 Å². The number of alkyl halides is 1. The quantitative estimate of drug-likeness (QED) is 0.271. The minimum absolute atomic E-state index is 0.0321. The number of ether oxygens (including phenoxy) is 2. The molecule has 0 heterocycles. The van der Waals surface area contributed by atoms with Crippen LogP contribution in [0, 0.1) is 0 Å². The average Bonchev–Trinajstić information content (AvgIpc) is 2.42. The van der Waals surface area contributed by atoms with Crippen molar-refractivity contribution in [2.45, 2.75) is 40.0 Å². The molecule has 4 heteroatoms. The molecule has 0 aliphatic heterocycles. The molecule has 0 unspecified atom stereocenters. The summed E-state index contributed by atoms with van der Waals surface area (Å²) in [5, 5.41) is 0. The summed E-state index contributed by atoms with van der Waals surface area (Å²) in [6.07, 6.45) is 2.87. The van der Waals surface area contributed by atoms with Crippen molar-refractivity contribution < 1.29 is 14.3 Å². The number of Topliss-reactive ketones (excluding diaryl/α,β-unsaturated/α-hetero) is 1. The average molecular weight is 390 g/mol. The van der Waals surface area contributed by atoms with Gasteiger partial charge < -0.3 is 9.47 Å². The Labute approximate surface area is 135 Å². The fourth-order valence-electron chi connectivity index (χ4n) is 2.05. The number of hydrogen-bond donors (Lipinski definition) is 0. The Morgan fingerprint density at radius 3 is 2.55 bits per heavy atom. The van der Waals surface area contributed by atoms with Gasteiger partial charge in [-0.1, -0.05) is 35.9 Å². The lowest BCUT2D eigenvalue weighted by atomic mass is 10.0. The third kappa shape index (κ3) is 4.65. The molecule has 0 aliphatic rings. The Bertz CT molecular complexity index is 444. The van der Waals surface area contributed by atoms with Gasteiger partial charge >= 0.3 is 0 Å². The lowest BCUT2D eigenvalue weighted by Crippen LogP contribution is -2.08. The Morgan fingerprint density at radius 2 is 2.00 bits per heavy atom.